The summed E-state index contributed by atoms with van der Waals surface area (Å²) in [6.07, 6.45) is 44.9. The fraction of sp³-hybridized carbons (Fsp3) is 0.783. The highest BCUT2D eigenvalue weighted by molar-refractivity contribution is 7.47. The third-order valence-electron chi connectivity index (χ3n) is 9.46. The average Bonchev–Trinajstić information content (AvgIpc) is 3.20. The Morgan fingerprint density at radius 2 is 0.912 bits per heavy atom. The van der Waals surface area contributed by atoms with Crippen LogP contribution in [0, 0.1) is 0 Å². The summed E-state index contributed by atoms with van der Waals surface area (Å²) in [5.74, 6) is -0.942. The van der Waals surface area contributed by atoms with Gasteiger partial charge in [0.1, 0.15) is 12.7 Å². The molecule has 3 N–H and O–H groups in total. The van der Waals surface area contributed by atoms with E-state index in [0.29, 0.717) is 12.8 Å². The van der Waals surface area contributed by atoms with Gasteiger partial charge in [0, 0.05) is 12.8 Å². The first-order valence-corrected chi connectivity index (χ1v) is 24.1. The summed E-state index contributed by atoms with van der Waals surface area (Å²) in [4.78, 5) is 35.0. The van der Waals surface area contributed by atoms with E-state index in [9.17, 15) is 24.2 Å². The molecular weight excluding hydrogens is 743 g/mol. The highest BCUT2D eigenvalue weighted by Gasteiger charge is 2.27. The number of aliphatic hydroxyl groups excluding tert-OH is 2. The largest absolute Gasteiger partial charge is 0.472 e. The number of aliphatic hydroxyl groups is 2. The number of rotatable bonds is 42. The zero-order chi connectivity index (χ0) is 41.9. The number of unbranched alkanes of at least 4 members (excludes halogenated alkanes) is 20. The van der Waals surface area contributed by atoms with Crippen LogP contribution >= 0.6 is 7.82 Å². The Hall–Kier alpha value is -2.07. The predicted molar refractivity (Wildman–Crippen MR) is 233 cm³/mol. The molecule has 3 atom stereocenters. The third kappa shape index (κ3) is 41.9. The van der Waals surface area contributed by atoms with Crippen LogP contribution in [0.3, 0.4) is 0 Å². The number of ether oxygens (including phenoxy) is 2. The van der Waals surface area contributed by atoms with Crippen molar-refractivity contribution >= 4 is 19.8 Å². The number of allylic oxidation sites excluding steroid dienone is 8. The van der Waals surface area contributed by atoms with Crippen molar-refractivity contribution in [2.45, 2.75) is 206 Å². The molecule has 0 heterocycles. The van der Waals surface area contributed by atoms with Gasteiger partial charge in [-0.1, -0.05) is 152 Å². The molecule has 0 rings (SSSR count). The normalized spacial score (nSPS) is 14.3. The SMILES string of the molecule is CCCCC/C=C\C/C=C\CCCCCCCCCC(=O)OCC(COP(=O)(O)OCC(O)CO)OC(=O)CCCCCCCCC/C=C\C/C=C\CCCCC. The second kappa shape index (κ2) is 42.1. The number of esters is 2. The summed E-state index contributed by atoms with van der Waals surface area (Å²) < 4.78 is 32.7. The number of carbonyl (C=O) groups is 2. The van der Waals surface area contributed by atoms with Crippen LogP contribution < -0.4 is 0 Å². The van der Waals surface area contributed by atoms with Crippen LogP contribution in [0.1, 0.15) is 194 Å². The van der Waals surface area contributed by atoms with E-state index in [1.54, 1.807) is 0 Å². The average molecular weight is 827 g/mol. The molecule has 11 heteroatoms. The van der Waals surface area contributed by atoms with Crippen molar-refractivity contribution in [1.29, 1.82) is 0 Å². The highest BCUT2D eigenvalue weighted by atomic mass is 31.2. The number of hydrogen-bond acceptors (Lipinski definition) is 9. The number of hydrogen-bond donors (Lipinski definition) is 3. The maximum Gasteiger partial charge on any atom is 0.472 e. The molecule has 0 aliphatic carbocycles. The Balaban J connectivity index is 4.30. The zero-order valence-electron chi connectivity index (χ0n) is 36.0. The molecule has 0 fully saturated rings. The van der Waals surface area contributed by atoms with Crippen molar-refractivity contribution in [3.63, 3.8) is 0 Å². The lowest BCUT2D eigenvalue weighted by atomic mass is 10.1. The summed E-state index contributed by atoms with van der Waals surface area (Å²) in [5.41, 5.74) is 0. The molecule has 0 bridgehead atoms. The molecule has 10 nitrogen and oxygen atoms in total. The van der Waals surface area contributed by atoms with Gasteiger partial charge >= 0.3 is 19.8 Å². The van der Waals surface area contributed by atoms with E-state index >= 15 is 0 Å². The van der Waals surface area contributed by atoms with Crippen molar-refractivity contribution in [1.82, 2.24) is 0 Å². The minimum atomic E-state index is -4.62. The van der Waals surface area contributed by atoms with Crippen molar-refractivity contribution in [3.8, 4) is 0 Å². The van der Waals surface area contributed by atoms with Gasteiger partial charge in [-0.05, 0) is 77.0 Å². The Morgan fingerprint density at radius 1 is 0.526 bits per heavy atom. The zero-order valence-corrected chi connectivity index (χ0v) is 36.9. The summed E-state index contributed by atoms with van der Waals surface area (Å²) in [6, 6.07) is 0. The maximum atomic E-state index is 12.6. The molecule has 0 aliphatic rings. The Bertz CT molecular complexity index is 1090. The van der Waals surface area contributed by atoms with E-state index in [-0.39, 0.29) is 19.4 Å². The monoisotopic (exact) mass is 827 g/mol. The first-order valence-electron chi connectivity index (χ1n) is 22.6. The van der Waals surface area contributed by atoms with Gasteiger partial charge in [0.2, 0.25) is 0 Å². The quantitative estimate of drug-likeness (QED) is 0.0235. The van der Waals surface area contributed by atoms with E-state index in [4.69, 9.17) is 23.6 Å². The maximum absolute atomic E-state index is 12.6. The standard InChI is InChI=1S/C46H83O10P/c1-3-5-7-9-11-13-15-17-19-21-23-25-27-29-31-33-35-37-45(49)53-41-44(42-55-57(51,52)54-40-43(48)39-47)56-46(50)38-36-34-32-30-28-26-24-22-20-18-16-14-12-10-8-6-4-2/h11-14,17-20,43-44,47-48H,3-10,15-16,21-42H2,1-2H3,(H,51,52)/b13-11-,14-12-,19-17-,20-18-. The molecule has 57 heavy (non-hydrogen) atoms. The smallest absolute Gasteiger partial charge is 0.462 e. The third-order valence-corrected chi connectivity index (χ3v) is 10.4. The van der Waals surface area contributed by atoms with Crippen molar-refractivity contribution < 1.29 is 47.8 Å². The van der Waals surface area contributed by atoms with Gasteiger partial charge < -0.3 is 24.6 Å². The van der Waals surface area contributed by atoms with Crippen molar-refractivity contribution in [2.24, 2.45) is 0 Å². The Morgan fingerprint density at radius 3 is 1.35 bits per heavy atom. The lowest BCUT2D eigenvalue weighted by molar-refractivity contribution is -0.161. The van der Waals surface area contributed by atoms with E-state index in [1.165, 1.54) is 83.5 Å². The molecule has 0 aromatic heterocycles. The molecule has 0 saturated heterocycles. The van der Waals surface area contributed by atoms with Gasteiger partial charge in [-0.2, -0.15) is 0 Å². The van der Waals surface area contributed by atoms with Gasteiger partial charge in [0.15, 0.2) is 6.10 Å². The van der Waals surface area contributed by atoms with Crippen molar-refractivity contribution in [3.05, 3.63) is 48.6 Å². The molecular formula is C46H83O10P. The first kappa shape index (κ1) is 54.9. The molecule has 0 amide bonds. The molecule has 0 saturated carbocycles. The van der Waals surface area contributed by atoms with Gasteiger partial charge in [-0.3, -0.25) is 18.6 Å². The van der Waals surface area contributed by atoms with Crippen LogP contribution in [0.25, 0.3) is 0 Å². The minimum Gasteiger partial charge on any atom is -0.462 e. The summed E-state index contributed by atoms with van der Waals surface area (Å²) in [5, 5.41) is 18.3. The van der Waals surface area contributed by atoms with E-state index in [0.717, 1.165) is 70.6 Å². The number of phosphoric acid groups is 1. The van der Waals surface area contributed by atoms with Crippen molar-refractivity contribution in [2.75, 3.05) is 26.4 Å². The minimum absolute atomic E-state index is 0.172. The van der Waals surface area contributed by atoms with Crippen LogP contribution in [0.5, 0.6) is 0 Å². The lowest BCUT2D eigenvalue weighted by Crippen LogP contribution is -2.29. The van der Waals surface area contributed by atoms with E-state index in [2.05, 4.69) is 62.5 Å². The second-order valence-corrected chi connectivity index (χ2v) is 16.5. The Labute approximate surface area is 347 Å². The summed E-state index contributed by atoms with van der Waals surface area (Å²) in [6.45, 7) is 2.32. The molecule has 0 aromatic rings. The summed E-state index contributed by atoms with van der Waals surface area (Å²) >= 11 is 0. The molecule has 332 valence electrons. The predicted octanol–water partition coefficient (Wildman–Crippen LogP) is 12.1. The highest BCUT2D eigenvalue weighted by Crippen LogP contribution is 2.43. The molecule has 0 spiro atoms. The van der Waals surface area contributed by atoms with Gasteiger partial charge in [-0.15, -0.1) is 0 Å². The van der Waals surface area contributed by atoms with Crippen LogP contribution in [0.2, 0.25) is 0 Å². The summed E-state index contributed by atoms with van der Waals surface area (Å²) in [7, 11) is -4.62. The van der Waals surface area contributed by atoms with Crippen LogP contribution in [0.4, 0.5) is 0 Å². The van der Waals surface area contributed by atoms with E-state index < -0.39 is 51.8 Å². The second-order valence-electron chi connectivity index (χ2n) is 15.1. The fourth-order valence-electron chi connectivity index (χ4n) is 5.94. The fourth-order valence-corrected chi connectivity index (χ4v) is 6.72. The number of phosphoric ester groups is 1. The first-order chi connectivity index (χ1) is 27.7. The Kier molecular flexibility index (Phi) is 40.5. The lowest BCUT2D eigenvalue weighted by Gasteiger charge is -2.20. The van der Waals surface area contributed by atoms with Crippen LogP contribution in [-0.4, -0.2) is 65.7 Å². The van der Waals surface area contributed by atoms with Crippen LogP contribution in [-0.2, 0) is 32.7 Å². The van der Waals surface area contributed by atoms with Gasteiger partial charge in [-0.25, -0.2) is 4.57 Å². The molecule has 0 radical (unpaired) electrons. The topological polar surface area (TPSA) is 149 Å². The van der Waals surface area contributed by atoms with Crippen LogP contribution in [0.15, 0.2) is 48.6 Å². The molecule has 0 aliphatic heterocycles. The molecule has 3 unspecified atom stereocenters. The molecule has 0 aromatic carbocycles. The van der Waals surface area contributed by atoms with Gasteiger partial charge in [0.25, 0.3) is 0 Å². The van der Waals surface area contributed by atoms with E-state index in [1.807, 2.05) is 0 Å². The van der Waals surface area contributed by atoms with Gasteiger partial charge in [0.05, 0.1) is 19.8 Å². The number of carbonyl (C=O) groups excluding carboxylic acids is 2.